The van der Waals surface area contributed by atoms with Gasteiger partial charge in [-0.2, -0.15) is 0 Å². The van der Waals surface area contributed by atoms with Crippen molar-refractivity contribution in [2.45, 2.75) is 6.54 Å². The van der Waals surface area contributed by atoms with Crippen LogP contribution in [0.25, 0.3) is 0 Å². The Labute approximate surface area is 118 Å². The van der Waals surface area contributed by atoms with Crippen LogP contribution in [-0.4, -0.2) is 17.0 Å². The van der Waals surface area contributed by atoms with Crippen molar-refractivity contribution in [2.75, 3.05) is 7.05 Å². The van der Waals surface area contributed by atoms with E-state index in [0.29, 0.717) is 23.2 Å². The highest BCUT2D eigenvalue weighted by atomic mass is 79.9. The average Bonchev–Trinajstić information content (AvgIpc) is 2.34. The summed E-state index contributed by atoms with van der Waals surface area (Å²) in [4.78, 5) is 8.14. The summed E-state index contributed by atoms with van der Waals surface area (Å²) < 4.78 is 6.46. The van der Waals surface area contributed by atoms with Crippen LogP contribution < -0.4 is 10.1 Å². The largest absolute Gasteiger partial charge is 0.437 e. The van der Waals surface area contributed by atoms with Gasteiger partial charge in [0.05, 0.1) is 11.2 Å². The minimum Gasteiger partial charge on any atom is -0.437 e. The normalized spacial score (nSPS) is 10.4. The van der Waals surface area contributed by atoms with Gasteiger partial charge >= 0.3 is 0 Å². The number of hydrogen-bond donors (Lipinski definition) is 1. The van der Waals surface area contributed by atoms with E-state index in [4.69, 9.17) is 16.3 Å². The predicted octanol–water partition coefficient (Wildman–Crippen LogP) is 3.40. The second kappa shape index (κ2) is 6.13. The molecule has 0 saturated carbocycles. The Morgan fingerprint density at radius 3 is 2.89 bits per heavy atom. The van der Waals surface area contributed by atoms with Crippen LogP contribution >= 0.6 is 27.5 Å². The number of halogens is 2. The van der Waals surface area contributed by atoms with Crippen LogP contribution in [0.2, 0.25) is 5.02 Å². The molecule has 0 atom stereocenters. The fourth-order valence-corrected chi connectivity index (χ4v) is 1.92. The molecule has 18 heavy (non-hydrogen) atoms. The lowest BCUT2D eigenvalue weighted by Gasteiger charge is -2.08. The predicted molar refractivity (Wildman–Crippen MR) is 74.0 cm³/mol. The molecule has 0 amide bonds. The first-order chi connectivity index (χ1) is 8.69. The molecule has 0 aliphatic heterocycles. The highest BCUT2D eigenvalue weighted by Crippen LogP contribution is 2.24. The van der Waals surface area contributed by atoms with Crippen LogP contribution in [0.15, 0.2) is 35.2 Å². The summed E-state index contributed by atoms with van der Waals surface area (Å²) in [7, 11) is 1.86. The monoisotopic (exact) mass is 327 g/mol. The fraction of sp³-hybridized carbons (Fsp3) is 0.167. The number of hydrogen-bond acceptors (Lipinski definition) is 4. The van der Waals surface area contributed by atoms with Gasteiger partial charge in [0.25, 0.3) is 0 Å². The Morgan fingerprint density at radius 2 is 2.17 bits per heavy atom. The summed E-state index contributed by atoms with van der Waals surface area (Å²) in [5, 5.41) is 3.65. The van der Waals surface area contributed by atoms with Gasteiger partial charge < -0.3 is 10.1 Å². The third kappa shape index (κ3) is 3.41. The van der Waals surface area contributed by atoms with Crippen LogP contribution in [-0.2, 0) is 6.54 Å². The van der Waals surface area contributed by atoms with Crippen molar-refractivity contribution in [3.8, 4) is 11.6 Å². The van der Waals surface area contributed by atoms with E-state index in [-0.39, 0.29) is 0 Å². The zero-order chi connectivity index (χ0) is 13.0. The van der Waals surface area contributed by atoms with Gasteiger partial charge in [-0.15, -0.1) is 0 Å². The summed E-state index contributed by atoms with van der Waals surface area (Å²) in [5.74, 6) is 1.11. The molecule has 0 aromatic carbocycles. The number of nitrogens with one attached hydrogen (secondary N) is 1. The van der Waals surface area contributed by atoms with Crippen molar-refractivity contribution in [3.05, 3.63) is 45.8 Å². The molecule has 2 rings (SSSR count). The van der Waals surface area contributed by atoms with Gasteiger partial charge in [-0.05, 0) is 34.6 Å². The Morgan fingerprint density at radius 1 is 1.33 bits per heavy atom. The Balaban J connectivity index is 2.21. The molecule has 94 valence electrons. The summed E-state index contributed by atoms with van der Waals surface area (Å²) in [6.07, 6.45) is 4.89. The van der Waals surface area contributed by atoms with Gasteiger partial charge in [-0.25, -0.2) is 4.98 Å². The molecule has 0 aliphatic rings. The lowest BCUT2D eigenvalue weighted by Crippen LogP contribution is -2.06. The number of aromatic nitrogens is 2. The maximum Gasteiger partial charge on any atom is 0.219 e. The van der Waals surface area contributed by atoms with Gasteiger partial charge in [-0.1, -0.05) is 11.6 Å². The Hall–Kier alpha value is -1.17. The van der Waals surface area contributed by atoms with Gasteiger partial charge in [0, 0.05) is 29.5 Å². The molecule has 0 radical (unpaired) electrons. The molecular weight excluding hydrogens is 318 g/mol. The van der Waals surface area contributed by atoms with E-state index in [1.807, 2.05) is 13.1 Å². The first-order valence-corrected chi connectivity index (χ1v) is 6.43. The van der Waals surface area contributed by atoms with Crippen molar-refractivity contribution < 1.29 is 4.74 Å². The zero-order valence-corrected chi connectivity index (χ0v) is 12.0. The van der Waals surface area contributed by atoms with Crippen LogP contribution in [0.3, 0.4) is 0 Å². The molecule has 0 saturated heterocycles. The van der Waals surface area contributed by atoms with Crippen LogP contribution in [0.1, 0.15) is 5.56 Å². The average molecular weight is 329 g/mol. The lowest BCUT2D eigenvalue weighted by molar-refractivity contribution is 0.459. The summed E-state index contributed by atoms with van der Waals surface area (Å²) in [6.45, 7) is 0.661. The quantitative estimate of drug-likeness (QED) is 0.934. The first kappa shape index (κ1) is 13.3. The van der Waals surface area contributed by atoms with E-state index in [1.165, 1.54) is 0 Å². The second-order valence-electron chi connectivity index (χ2n) is 3.59. The van der Waals surface area contributed by atoms with E-state index >= 15 is 0 Å². The molecule has 4 nitrogen and oxygen atoms in total. The van der Waals surface area contributed by atoms with E-state index in [0.717, 1.165) is 10.0 Å². The van der Waals surface area contributed by atoms with Crippen molar-refractivity contribution in [2.24, 2.45) is 0 Å². The molecule has 2 heterocycles. The van der Waals surface area contributed by atoms with Gasteiger partial charge in [-0.3, -0.25) is 4.98 Å². The van der Waals surface area contributed by atoms with Gasteiger partial charge in [0.2, 0.25) is 5.88 Å². The van der Waals surface area contributed by atoms with Crippen molar-refractivity contribution in [1.29, 1.82) is 0 Å². The van der Waals surface area contributed by atoms with Crippen molar-refractivity contribution >= 4 is 27.5 Å². The molecule has 0 fully saturated rings. The van der Waals surface area contributed by atoms with E-state index in [1.54, 1.807) is 24.7 Å². The van der Waals surface area contributed by atoms with Crippen molar-refractivity contribution in [3.63, 3.8) is 0 Å². The second-order valence-corrected chi connectivity index (χ2v) is 4.91. The summed E-state index contributed by atoms with van der Waals surface area (Å²) in [5.41, 5.74) is 0.937. The smallest absolute Gasteiger partial charge is 0.219 e. The molecule has 2 aromatic heterocycles. The molecule has 2 aromatic rings. The number of pyridine rings is 2. The summed E-state index contributed by atoms with van der Waals surface area (Å²) >= 11 is 9.36. The van der Waals surface area contributed by atoms with E-state index in [9.17, 15) is 0 Å². The highest BCUT2D eigenvalue weighted by Gasteiger charge is 2.05. The minimum absolute atomic E-state index is 0.490. The highest BCUT2D eigenvalue weighted by molar-refractivity contribution is 9.10. The molecule has 0 aliphatic carbocycles. The third-order valence-corrected chi connectivity index (χ3v) is 2.95. The first-order valence-electron chi connectivity index (χ1n) is 5.26. The molecule has 6 heteroatoms. The van der Waals surface area contributed by atoms with Gasteiger partial charge in [0.1, 0.15) is 5.75 Å². The minimum atomic E-state index is 0.490. The Bertz CT molecular complexity index is 551. The number of rotatable bonds is 4. The fourth-order valence-electron chi connectivity index (χ4n) is 1.41. The van der Waals surface area contributed by atoms with Crippen LogP contribution in [0.4, 0.5) is 0 Å². The number of nitrogens with zero attached hydrogens (tertiary/aromatic N) is 2. The zero-order valence-electron chi connectivity index (χ0n) is 9.65. The topological polar surface area (TPSA) is 47.0 Å². The van der Waals surface area contributed by atoms with Crippen molar-refractivity contribution in [1.82, 2.24) is 15.3 Å². The number of ether oxygens (including phenoxy) is 1. The SMILES string of the molecule is CNCc1cc(Oc2cncc(Br)c2)ncc1Cl. The lowest BCUT2D eigenvalue weighted by atomic mass is 10.2. The molecule has 1 N–H and O–H groups in total. The molecule has 0 unspecified atom stereocenters. The Kier molecular flexibility index (Phi) is 4.52. The standard InChI is InChI=1S/C12H11BrClN3O/c1-15-4-8-2-12(17-7-11(8)14)18-10-3-9(13)5-16-6-10/h2-3,5-7,15H,4H2,1H3. The van der Waals surface area contributed by atoms with Crippen LogP contribution in [0, 0.1) is 0 Å². The third-order valence-electron chi connectivity index (χ3n) is 2.18. The van der Waals surface area contributed by atoms with E-state index < -0.39 is 0 Å². The molecule has 0 spiro atoms. The molecular formula is C12H11BrClN3O. The maximum atomic E-state index is 6.03. The van der Waals surface area contributed by atoms with E-state index in [2.05, 4.69) is 31.2 Å². The molecule has 0 bridgehead atoms. The van der Waals surface area contributed by atoms with Gasteiger partial charge in [0.15, 0.2) is 0 Å². The summed E-state index contributed by atoms with van der Waals surface area (Å²) in [6, 6.07) is 3.63. The van der Waals surface area contributed by atoms with Crippen LogP contribution in [0.5, 0.6) is 11.6 Å². The maximum absolute atomic E-state index is 6.03.